The second-order valence-electron chi connectivity index (χ2n) is 9.90. The standard InChI is InChI=1S/C25H34BN3O4/c1-15-12-16(2)14-19(13-15)24(31)29(18(4)25(5,6)7)28-23(30)20-8-9-21-22(17(20)3)33-11-10-27-26(21)32/h8-9,12-14,18,27,32H,10-11H2,1-7H3,(H,28,30)/t18-/m1/s1. The van der Waals surface area contributed by atoms with Crippen molar-refractivity contribution in [3.63, 3.8) is 0 Å². The molecule has 1 atom stereocenters. The maximum Gasteiger partial charge on any atom is 0.417 e. The Hall–Kier alpha value is -2.84. The van der Waals surface area contributed by atoms with Crippen molar-refractivity contribution in [2.24, 2.45) is 5.41 Å². The Morgan fingerprint density at radius 3 is 2.39 bits per heavy atom. The van der Waals surface area contributed by atoms with Crippen molar-refractivity contribution >= 4 is 24.3 Å². The molecule has 7 nitrogen and oxygen atoms in total. The normalized spacial score (nSPS) is 14.6. The van der Waals surface area contributed by atoms with Gasteiger partial charge in [-0.15, -0.1) is 0 Å². The van der Waals surface area contributed by atoms with Gasteiger partial charge in [0.1, 0.15) is 5.75 Å². The Kier molecular flexibility index (Phi) is 7.19. The Morgan fingerprint density at radius 1 is 1.15 bits per heavy atom. The van der Waals surface area contributed by atoms with E-state index in [1.54, 1.807) is 19.1 Å². The second-order valence-corrected chi connectivity index (χ2v) is 9.90. The molecule has 0 aromatic heterocycles. The maximum atomic E-state index is 13.6. The quantitative estimate of drug-likeness (QED) is 0.493. The van der Waals surface area contributed by atoms with Crippen molar-refractivity contribution < 1.29 is 19.3 Å². The van der Waals surface area contributed by atoms with Crippen LogP contribution < -0.4 is 20.9 Å². The van der Waals surface area contributed by atoms with E-state index >= 15 is 0 Å². The summed E-state index contributed by atoms with van der Waals surface area (Å²) in [7, 11) is -0.859. The lowest BCUT2D eigenvalue weighted by molar-refractivity contribution is 0.0336. The average molecular weight is 451 g/mol. The summed E-state index contributed by atoms with van der Waals surface area (Å²) in [5, 5.41) is 14.7. The van der Waals surface area contributed by atoms with Gasteiger partial charge in [0.15, 0.2) is 0 Å². The Balaban J connectivity index is 1.97. The zero-order chi connectivity index (χ0) is 24.5. The SMILES string of the molecule is Cc1cc(C)cc(C(=O)N(NC(=O)c2ccc3c(c2C)OCCNB3O)[C@H](C)C(C)(C)C)c1. The highest BCUT2D eigenvalue weighted by Gasteiger charge is 2.33. The maximum absolute atomic E-state index is 13.6. The smallest absolute Gasteiger partial charge is 0.417 e. The second kappa shape index (κ2) is 9.57. The monoisotopic (exact) mass is 451 g/mol. The largest absolute Gasteiger partial charge is 0.492 e. The first-order valence-electron chi connectivity index (χ1n) is 11.3. The number of carbonyl (C=O) groups is 2. The van der Waals surface area contributed by atoms with Crippen LogP contribution in [0.1, 0.15) is 65.1 Å². The van der Waals surface area contributed by atoms with E-state index in [9.17, 15) is 14.6 Å². The van der Waals surface area contributed by atoms with Crippen LogP contribution in [0, 0.1) is 26.2 Å². The van der Waals surface area contributed by atoms with E-state index in [1.807, 2.05) is 59.7 Å². The molecule has 0 bridgehead atoms. The lowest BCUT2D eigenvalue weighted by Gasteiger charge is -2.38. The van der Waals surface area contributed by atoms with Gasteiger partial charge in [-0.1, -0.05) is 44.0 Å². The lowest BCUT2D eigenvalue weighted by Crippen LogP contribution is -2.55. The molecule has 0 saturated heterocycles. The molecule has 0 unspecified atom stereocenters. The molecule has 2 aromatic rings. The molecule has 0 fully saturated rings. The number of ether oxygens (including phenoxy) is 1. The zero-order valence-electron chi connectivity index (χ0n) is 20.6. The van der Waals surface area contributed by atoms with E-state index in [1.165, 1.54) is 5.01 Å². The highest BCUT2D eigenvalue weighted by molar-refractivity contribution is 6.64. The number of benzene rings is 2. The fourth-order valence-electron chi connectivity index (χ4n) is 3.94. The minimum absolute atomic E-state index is 0.263. The summed E-state index contributed by atoms with van der Waals surface area (Å²) in [5.41, 5.74) is 6.69. The first-order valence-corrected chi connectivity index (χ1v) is 11.3. The first kappa shape index (κ1) is 24.8. The summed E-state index contributed by atoms with van der Waals surface area (Å²) in [6.45, 7) is 14.6. The van der Waals surface area contributed by atoms with E-state index in [2.05, 4.69) is 10.7 Å². The summed E-state index contributed by atoms with van der Waals surface area (Å²) in [6.07, 6.45) is 0. The van der Waals surface area contributed by atoms with Crippen molar-refractivity contribution in [1.82, 2.24) is 15.7 Å². The number of hydrogen-bond acceptors (Lipinski definition) is 5. The molecule has 0 spiro atoms. The number of fused-ring (bicyclic) bond motifs is 1. The van der Waals surface area contributed by atoms with E-state index in [0.29, 0.717) is 41.1 Å². The van der Waals surface area contributed by atoms with Gasteiger partial charge in [0.25, 0.3) is 11.8 Å². The highest BCUT2D eigenvalue weighted by atomic mass is 16.5. The van der Waals surface area contributed by atoms with Crippen molar-refractivity contribution in [2.75, 3.05) is 13.2 Å². The van der Waals surface area contributed by atoms with E-state index in [0.717, 1.165) is 11.1 Å². The van der Waals surface area contributed by atoms with Gasteiger partial charge in [0.05, 0.1) is 12.6 Å². The molecule has 1 heterocycles. The number of aryl methyl sites for hydroxylation is 2. The number of nitrogens with zero attached hydrogens (tertiary/aromatic N) is 1. The number of hydrogen-bond donors (Lipinski definition) is 3. The third-order valence-corrected chi connectivity index (χ3v) is 6.21. The summed E-state index contributed by atoms with van der Waals surface area (Å²) in [4.78, 5) is 26.9. The molecule has 33 heavy (non-hydrogen) atoms. The van der Waals surface area contributed by atoms with Crippen LogP contribution in [0.15, 0.2) is 30.3 Å². The average Bonchev–Trinajstić information content (AvgIpc) is 2.91. The van der Waals surface area contributed by atoms with Crippen LogP contribution in [0.5, 0.6) is 5.75 Å². The predicted octanol–water partition coefficient (Wildman–Crippen LogP) is 2.50. The van der Waals surface area contributed by atoms with Crippen LogP contribution >= 0.6 is 0 Å². The summed E-state index contributed by atoms with van der Waals surface area (Å²) in [6, 6.07) is 8.74. The summed E-state index contributed by atoms with van der Waals surface area (Å²) >= 11 is 0. The molecule has 176 valence electrons. The topological polar surface area (TPSA) is 90.9 Å². The van der Waals surface area contributed by atoms with Gasteiger partial charge in [-0.2, -0.15) is 0 Å². The minimum Gasteiger partial charge on any atom is -0.492 e. The number of nitrogens with one attached hydrogen (secondary N) is 2. The van der Waals surface area contributed by atoms with Crippen molar-refractivity contribution in [2.45, 2.75) is 54.5 Å². The van der Waals surface area contributed by atoms with Crippen molar-refractivity contribution in [3.05, 3.63) is 58.1 Å². The molecule has 0 radical (unpaired) electrons. The number of hydrazine groups is 1. The van der Waals surface area contributed by atoms with Crippen LogP contribution in [-0.4, -0.2) is 48.1 Å². The fourth-order valence-corrected chi connectivity index (χ4v) is 3.94. The van der Waals surface area contributed by atoms with Crippen LogP contribution in [0.4, 0.5) is 0 Å². The van der Waals surface area contributed by atoms with Crippen LogP contribution in [0.25, 0.3) is 0 Å². The minimum atomic E-state index is -0.859. The number of carbonyl (C=O) groups excluding carboxylic acids is 2. The van der Waals surface area contributed by atoms with Gasteiger partial charge in [0.2, 0.25) is 0 Å². The Bertz CT molecular complexity index is 1040. The molecule has 2 aromatic carbocycles. The molecule has 1 aliphatic rings. The predicted molar refractivity (Wildman–Crippen MR) is 131 cm³/mol. The summed E-state index contributed by atoms with van der Waals surface area (Å²) < 4.78 is 5.81. The van der Waals surface area contributed by atoms with Gasteiger partial charge < -0.3 is 15.0 Å². The van der Waals surface area contributed by atoms with Gasteiger partial charge in [-0.3, -0.25) is 15.0 Å². The number of amides is 2. The molecular weight excluding hydrogens is 417 g/mol. The van der Waals surface area contributed by atoms with Crippen LogP contribution in [-0.2, 0) is 0 Å². The Labute approximate surface area is 196 Å². The van der Waals surface area contributed by atoms with Crippen molar-refractivity contribution in [3.8, 4) is 5.75 Å². The summed E-state index contributed by atoms with van der Waals surface area (Å²) in [5.74, 6) is -0.170. The van der Waals surface area contributed by atoms with Crippen LogP contribution in [0.3, 0.4) is 0 Å². The van der Waals surface area contributed by atoms with E-state index < -0.39 is 13.0 Å². The van der Waals surface area contributed by atoms with Gasteiger partial charge in [0, 0.05) is 28.7 Å². The van der Waals surface area contributed by atoms with E-state index in [4.69, 9.17) is 4.74 Å². The van der Waals surface area contributed by atoms with Gasteiger partial charge >= 0.3 is 7.05 Å². The van der Waals surface area contributed by atoms with Gasteiger partial charge in [-0.05, 0) is 51.3 Å². The molecule has 1 aliphatic heterocycles. The highest BCUT2D eigenvalue weighted by Crippen LogP contribution is 2.26. The zero-order valence-corrected chi connectivity index (χ0v) is 20.6. The first-order chi connectivity index (χ1) is 15.4. The van der Waals surface area contributed by atoms with Crippen molar-refractivity contribution in [1.29, 1.82) is 0 Å². The third kappa shape index (κ3) is 5.39. The molecule has 3 rings (SSSR count). The number of rotatable bonds is 3. The molecule has 8 heteroatoms. The van der Waals surface area contributed by atoms with Crippen LogP contribution in [0.2, 0.25) is 0 Å². The lowest BCUT2D eigenvalue weighted by atomic mass is 9.72. The fraction of sp³-hybridized carbons (Fsp3) is 0.440. The third-order valence-electron chi connectivity index (χ3n) is 6.21. The molecule has 3 N–H and O–H groups in total. The molecule has 0 saturated carbocycles. The molecule has 0 aliphatic carbocycles. The Morgan fingerprint density at radius 2 is 1.79 bits per heavy atom. The van der Waals surface area contributed by atoms with E-state index in [-0.39, 0.29) is 17.4 Å². The molecular formula is C25H34BN3O4. The van der Waals surface area contributed by atoms with Gasteiger partial charge in [-0.25, -0.2) is 5.01 Å². The molecule has 2 amide bonds.